The van der Waals surface area contributed by atoms with Gasteiger partial charge in [-0.05, 0) is 43.2 Å². The molecule has 0 radical (unpaired) electrons. The number of phenols is 1. The number of aromatic hydroxyl groups is 1. The third-order valence-corrected chi connectivity index (χ3v) is 6.17. The van der Waals surface area contributed by atoms with Crippen LogP contribution in [0.3, 0.4) is 0 Å². The van der Waals surface area contributed by atoms with E-state index in [-0.39, 0.29) is 21.9 Å². The lowest BCUT2D eigenvalue weighted by molar-refractivity contribution is 0.102. The number of hydrogen-bond acceptors (Lipinski definition) is 5. The van der Waals surface area contributed by atoms with Gasteiger partial charge >= 0.3 is 0 Å². The largest absolute Gasteiger partial charge is 0.506 e. The number of sulfonamides is 1. The first-order valence-corrected chi connectivity index (χ1v) is 9.65. The van der Waals surface area contributed by atoms with E-state index in [1.165, 1.54) is 29.6 Å². The van der Waals surface area contributed by atoms with Gasteiger partial charge in [-0.25, -0.2) is 8.42 Å². The summed E-state index contributed by atoms with van der Waals surface area (Å²) < 4.78 is 31.9. The zero-order chi connectivity index (χ0) is 18.7. The van der Waals surface area contributed by atoms with E-state index in [1.54, 1.807) is 24.3 Å². The Morgan fingerprint density at radius 3 is 2.54 bits per heavy atom. The minimum atomic E-state index is -3.64. The molecule has 1 aliphatic rings. The molecular weight excluding hydrogens is 356 g/mol. The summed E-state index contributed by atoms with van der Waals surface area (Å²) in [4.78, 5) is 12.5. The van der Waals surface area contributed by atoms with Crippen molar-refractivity contribution in [1.29, 1.82) is 0 Å². The zero-order valence-corrected chi connectivity index (χ0v) is 15.1. The van der Waals surface area contributed by atoms with Gasteiger partial charge in [0.05, 0.1) is 23.3 Å². The van der Waals surface area contributed by atoms with Gasteiger partial charge in [0.15, 0.2) is 0 Å². The third kappa shape index (κ3) is 3.51. The molecule has 2 N–H and O–H groups in total. The lowest BCUT2D eigenvalue weighted by Gasteiger charge is -2.17. The number of carbonyl (C=O) groups excluding carboxylic acids is 1. The zero-order valence-electron chi connectivity index (χ0n) is 14.3. The van der Waals surface area contributed by atoms with E-state index in [0.29, 0.717) is 18.8 Å². The molecule has 7 nitrogen and oxygen atoms in total. The van der Waals surface area contributed by atoms with Gasteiger partial charge in [-0.3, -0.25) is 4.79 Å². The maximum absolute atomic E-state index is 12.7. The summed E-state index contributed by atoms with van der Waals surface area (Å²) in [5.41, 5.74) is 0.309. The maximum atomic E-state index is 12.7. The fraction of sp³-hybridized carbons (Fsp3) is 0.278. The monoisotopic (exact) mass is 376 g/mol. The fourth-order valence-electron chi connectivity index (χ4n) is 2.88. The van der Waals surface area contributed by atoms with Crippen LogP contribution in [0.5, 0.6) is 11.5 Å². The highest BCUT2D eigenvalue weighted by atomic mass is 32.2. The van der Waals surface area contributed by atoms with Crippen LogP contribution >= 0.6 is 0 Å². The number of carbonyl (C=O) groups is 1. The van der Waals surface area contributed by atoms with Gasteiger partial charge in [-0.1, -0.05) is 12.1 Å². The Balaban J connectivity index is 1.90. The second kappa shape index (κ2) is 7.35. The molecule has 8 heteroatoms. The van der Waals surface area contributed by atoms with Crippen molar-refractivity contribution in [2.75, 3.05) is 25.5 Å². The lowest BCUT2D eigenvalue weighted by Crippen LogP contribution is -2.28. The molecule has 26 heavy (non-hydrogen) atoms. The van der Waals surface area contributed by atoms with E-state index < -0.39 is 15.9 Å². The molecule has 0 aromatic heterocycles. The molecule has 0 atom stereocenters. The van der Waals surface area contributed by atoms with Crippen molar-refractivity contribution in [3.05, 3.63) is 48.0 Å². The van der Waals surface area contributed by atoms with Gasteiger partial charge in [0, 0.05) is 13.1 Å². The number of methoxy groups -OCH3 is 1. The molecule has 3 rings (SSSR count). The van der Waals surface area contributed by atoms with Crippen molar-refractivity contribution in [2.24, 2.45) is 0 Å². The first-order chi connectivity index (χ1) is 12.4. The molecule has 0 aliphatic carbocycles. The van der Waals surface area contributed by atoms with Crippen LogP contribution in [0.2, 0.25) is 0 Å². The second-order valence-corrected chi connectivity index (χ2v) is 7.88. The molecule has 0 unspecified atom stereocenters. The Bertz CT molecular complexity index is 921. The summed E-state index contributed by atoms with van der Waals surface area (Å²) in [6.45, 7) is 0.957. The summed E-state index contributed by atoms with van der Waals surface area (Å²) in [6, 6.07) is 10.5. The molecule has 0 saturated carbocycles. The highest BCUT2D eigenvalue weighted by Crippen LogP contribution is 2.30. The van der Waals surface area contributed by atoms with Crippen molar-refractivity contribution in [2.45, 2.75) is 17.7 Å². The van der Waals surface area contributed by atoms with Gasteiger partial charge in [-0.15, -0.1) is 0 Å². The standard InChI is InChI=1S/C18H20N2O5S/c1-25-17-7-3-2-6-14(17)18(22)19-15-12-13(8-9-16(15)21)26(23,24)20-10-4-5-11-20/h2-3,6-9,12,21H,4-5,10-11H2,1H3,(H,19,22). The number of para-hydroxylation sites is 1. The number of phenolic OH excluding ortho intramolecular Hbond substituents is 1. The predicted molar refractivity (Wildman–Crippen MR) is 97.0 cm³/mol. The van der Waals surface area contributed by atoms with Crippen molar-refractivity contribution in [1.82, 2.24) is 4.31 Å². The summed E-state index contributed by atoms with van der Waals surface area (Å²) in [7, 11) is -2.19. The molecular formula is C18H20N2O5S. The normalized spacial score (nSPS) is 15.0. The number of anilines is 1. The Labute approximate surface area is 152 Å². The van der Waals surface area contributed by atoms with Crippen molar-refractivity contribution in [3.63, 3.8) is 0 Å². The van der Waals surface area contributed by atoms with Gasteiger partial charge in [0.2, 0.25) is 10.0 Å². The van der Waals surface area contributed by atoms with E-state index in [9.17, 15) is 18.3 Å². The topological polar surface area (TPSA) is 95.9 Å². The average Bonchev–Trinajstić information content (AvgIpc) is 3.19. The lowest BCUT2D eigenvalue weighted by atomic mass is 10.2. The van der Waals surface area contributed by atoms with Gasteiger partial charge < -0.3 is 15.2 Å². The molecule has 0 bridgehead atoms. The number of nitrogens with one attached hydrogen (secondary N) is 1. The van der Waals surface area contributed by atoms with Crippen molar-refractivity contribution >= 4 is 21.6 Å². The summed E-state index contributed by atoms with van der Waals surface area (Å²) in [5, 5.41) is 12.6. The highest BCUT2D eigenvalue weighted by molar-refractivity contribution is 7.89. The maximum Gasteiger partial charge on any atom is 0.259 e. The number of hydrogen-bond donors (Lipinski definition) is 2. The minimum absolute atomic E-state index is 0.0289. The Morgan fingerprint density at radius 2 is 1.85 bits per heavy atom. The SMILES string of the molecule is COc1ccccc1C(=O)Nc1cc(S(=O)(=O)N2CCCC2)ccc1O. The number of benzene rings is 2. The Morgan fingerprint density at radius 1 is 1.15 bits per heavy atom. The van der Waals surface area contributed by atoms with Gasteiger partial charge in [0.1, 0.15) is 11.5 Å². The molecule has 1 aliphatic heterocycles. The summed E-state index contributed by atoms with van der Waals surface area (Å²) >= 11 is 0. The third-order valence-electron chi connectivity index (χ3n) is 4.27. The van der Waals surface area contributed by atoms with Crippen molar-refractivity contribution in [3.8, 4) is 11.5 Å². The summed E-state index contributed by atoms with van der Waals surface area (Å²) in [6.07, 6.45) is 1.66. The van der Waals surface area contributed by atoms with Crippen LogP contribution < -0.4 is 10.1 Å². The van der Waals surface area contributed by atoms with Crippen LogP contribution in [0.1, 0.15) is 23.2 Å². The molecule has 1 fully saturated rings. The van der Waals surface area contributed by atoms with E-state index >= 15 is 0 Å². The molecule has 0 spiro atoms. The second-order valence-electron chi connectivity index (χ2n) is 5.94. The molecule has 1 heterocycles. The first kappa shape index (κ1) is 18.2. The number of ether oxygens (including phenoxy) is 1. The number of rotatable bonds is 5. The van der Waals surface area contributed by atoms with Gasteiger partial charge in [0.25, 0.3) is 5.91 Å². The molecule has 2 aromatic rings. The van der Waals surface area contributed by atoms with Crippen LogP contribution in [0.4, 0.5) is 5.69 Å². The van der Waals surface area contributed by atoms with Crippen LogP contribution in [0.25, 0.3) is 0 Å². The number of nitrogens with zero attached hydrogens (tertiary/aromatic N) is 1. The van der Waals surface area contributed by atoms with Crippen LogP contribution in [0, 0.1) is 0 Å². The van der Waals surface area contributed by atoms with Crippen LogP contribution in [0.15, 0.2) is 47.4 Å². The van der Waals surface area contributed by atoms with E-state index in [2.05, 4.69) is 5.32 Å². The Kier molecular flexibility index (Phi) is 5.15. The summed E-state index contributed by atoms with van der Waals surface area (Å²) in [5.74, 6) is -0.340. The smallest absolute Gasteiger partial charge is 0.259 e. The molecule has 2 aromatic carbocycles. The van der Waals surface area contributed by atoms with Crippen LogP contribution in [-0.4, -0.2) is 43.9 Å². The molecule has 138 valence electrons. The first-order valence-electron chi connectivity index (χ1n) is 8.21. The Hall–Kier alpha value is -2.58. The average molecular weight is 376 g/mol. The predicted octanol–water partition coefficient (Wildman–Crippen LogP) is 2.44. The number of amides is 1. The highest BCUT2D eigenvalue weighted by Gasteiger charge is 2.28. The van der Waals surface area contributed by atoms with E-state index in [1.807, 2.05) is 0 Å². The van der Waals surface area contributed by atoms with Gasteiger partial charge in [-0.2, -0.15) is 4.31 Å². The van der Waals surface area contributed by atoms with Crippen LogP contribution in [-0.2, 0) is 10.0 Å². The fourth-order valence-corrected chi connectivity index (χ4v) is 4.42. The van der Waals surface area contributed by atoms with E-state index in [4.69, 9.17) is 4.74 Å². The van der Waals surface area contributed by atoms with E-state index in [0.717, 1.165) is 12.8 Å². The van der Waals surface area contributed by atoms with Crippen molar-refractivity contribution < 1.29 is 23.1 Å². The minimum Gasteiger partial charge on any atom is -0.506 e. The quantitative estimate of drug-likeness (QED) is 0.782. The molecule has 1 saturated heterocycles. The molecule has 1 amide bonds.